The van der Waals surface area contributed by atoms with E-state index in [9.17, 15) is 0 Å². The summed E-state index contributed by atoms with van der Waals surface area (Å²) >= 11 is 9.08. The highest BCUT2D eigenvalue weighted by molar-refractivity contribution is 7.19. The number of rotatable bonds is 4. The Morgan fingerprint density at radius 2 is 2.31 bits per heavy atom. The maximum absolute atomic E-state index is 6.03. The van der Waals surface area contributed by atoms with Crippen molar-refractivity contribution < 1.29 is 0 Å². The molecule has 2 nitrogen and oxygen atoms in total. The molecule has 0 bridgehead atoms. The van der Waals surface area contributed by atoms with Crippen LogP contribution in [0.2, 0.25) is 4.34 Å². The Morgan fingerprint density at radius 1 is 1.50 bits per heavy atom. The van der Waals surface area contributed by atoms with Crippen LogP contribution < -0.4 is 5.73 Å². The van der Waals surface area contributed by atoms with E-state index in [1.54, 1.807) is 22.7 Å². The van der Waals surface area contributed by atoms with Crippen LogP contribution >= 0.6 is 34.3 Å². The minimum atomic E-state index is 0.0687. The van der Waals surface area contributed by atoms with E-state index in [2.05, 4.69) is 11.9 Å². The highest BCUT2D eigenvalue weighted by Gasteiger charge is 2.12. The summed E-state index contributed by atoms with van der Waals surface area (Å²) in [6, 6.07) is 3.96. The topological polar surface area (TPSA) is 38.9 Å². The number of nitrogens with zero attached hydrogens (tertiary/aromatic N) is 1. The summed E-state index contributed by atoms with van der Waals surface area (Å²) in [6.07, 6.45) is 2.07. The Labute approximate surface area is 108 Å². The van der Waals surface area contributed by atoms with E-state index in [0.29, 0.717) is 0 Å². The van der Waals surface area contributed by atoms with Gasteiger partial charge in [-0.25, -0.2) is 4.98 Å². The Balaban J connectivity index is 2.19. The molecule has 1 atom stereocenters. The van der Waals surface area contributed by atoms with Gasteiger partial charge in [0.25, 0.3) is 0 Å². The molecule has 1 unspecified atom stereocenters. The molecule has 0 amide bonds. The molecule has 0 saturated carbocycles. The minimum absolute atomic E-state index is 0.0687. The Kier molecular flexibility index (Phi) is 3.97. The van der Waals surface area contributed by atoms with Crippen LogP contribution in [-0.2, 0) is 0 Å². The third-order valence-corrected chi connectivity index (χ3v) is 4.49. The van der Waals surface area contributed by atoms with E-state index in [1.807, 2.05) is 17.5 Å². The van der Waals surface area contributed by atoms with Crippen molar-refractivity contribution in [3.8, 4) is 10.6 Å². The molecule has 0 aliphatic heterocycles. The molecule has 2 N–H and O–H groups in total. The number of thiazole rings is 1. The predicted octanol–water partition coefficient (Wildman–Crippen LogP) is 4.32. The smallest absolute Gasteiger partial charge is 0.110 e. The van der Waals surface area contributed by atoms with Crippen molar-refractivity contribution in [1.82, 2.24) is 4.98 Å². The van der Waals surface area contributed by atoms with Gasteiger partial charge in [0.2, 0.25) is 0 Å². The highest BCUT2D eigenvalue weighted by atomic mass is 35.5. The molecule has 5 heteroatoms. The quantitative estimate of drug-likeness (QED) is 0.900. The summed E-state index contributed by atoms with van der Waals surface area (Å²) in [7, 11) is 0. The van der Waals surface area contributed by atoms with Gasteiger partial charge in [0, 0.05) is 5.38 Å². The number of hydrogen-bond acceptors (Lipinski definition) is 4. The molecule has 0 saturated heterocycles. The van der Waals surface area contributed by atoms with Crippen molar-refractivity contribution in [2.75, 3.05) is 0 Å². The molecule has 2 heterocycles. The Morgan fingerprint density at radius 3 is 2.94 bits per heavy atom. The van der Waals surface area contributed by atoms with Gasteiger partial charge in [0.05, 0.1) is 20.9 Å². The van der Waals surface area contributed by atoms with Crippen LogP contribution in [0.4, 0.5) is 0 Å². The van der Waals surface area contributed by atoms with Crippen LogP contribution in [0.25, 0.3) is 10.6 Å². The summed E-state index contributed by atoms with van der Waals surface area (Å²) in [6.45, 7) is 2.13. The molecule has 0 spiro atoms. The second-order valence-electron chi connectivity index (χ2n) is 3.57. The van der Waals surface area contributed by atoms with Crippen LogP contribution in [0.1, 0.15) is 30.8 Å². The fourth-order valence-corrected chi connectivity index (χ4v) is 3.39. The van der Waals surface area contributed by atoms with E-state index in [-0.39, 0.29) is 6.04 Å². The normalized spacial score (nSPS) is 12.9. The summed E-state index contributed by atoms with van der Waals surface area (Å²) in [5.74, 6) is 0. The molecular formula is C11H13ClN2S2. The van der Waals surface area contributed by atoms with Crippen LogP contribution in [0.3, 0.4) is 0 Å². The average molecular weight is 273 g/mol. The maximum Gasteiger partial charge on any atom is 0.110 e. The van der Waals surface area contributed by atoms with Gasteiger partial charge in [-0.3, -0.25) is 0 Å². The first-order chi connectivity index (χ1) is 7.70. The third-order valence-electron chi connectivity index (χ3n) is 2.26. The molecule has 2 rings (SSSR count). The van der Waals surface area contributed by atoms with Crippen molar-refractivity contribution in [3.05, 3.63) is 26.9 Å². The molecular weight excluding hydrogens is 260 g/mol. The van der Waals surface area contributed by atoms with Gasteiger partial charge in [-0.05, 0) is 18.6 Å². The Bertz CT molecular complexity index is 464. The lowest BCUT2D eigenvalue weighted by molar-refractivity contribution is 0.635. The van der Waals surface area contributed by atoms with Crippen LogP contribution in [0.5, 0.6) is 0 Å². The minimum Gasteiger partial charge on any atom is -0.322 e. The van der Waals surface area contributed by atoms with Gasteiger partial charge in [0.1, 0.15) is 5.01 Å². The van der Waals surface area contributed by atoms with Crippen molar-refractivity contribution >= 4 is 34.3 Å². The molecule has 2 aromatic heterocycles. The van der Waals surface area contributed by atoms with Crippen molar-refractivity contribution in [2.24, 2.45) is 5.73 Å². The molecule has 0 aliphatic rings. The first kappa shape index (κ1) is 12.0. The predicted molar refractivity (Wildman–Crippen MR) is 72.3 cm³/mol. The van der Waals surface area contributed by atoms with Gasteiger partial charge >= 0.3 is 0 Å². The first-order valence-corrected chi connectivity index (χ1v) is 7.25. The maximum atomic E-state index is 6.03. The average Bonchev–Trinajstić information content (AvgIpc) is 2.85. The molecule has 2 aromatic rings. The third kappa shape index (κ3) is 2.63. The van der Waals surface area contributed by atoms with E-state index >= 15 is 0 Å². The molecule has 0 aromatic carbocycles. The van der Waals surface area contributed by atoms with Gasteiger partial charge in [-0.1, -0.05) is 24.9 Å². The summed E-state index contributed by atoms with van der Waals surface area (Å²) < 4.78 is 0.794. The molecule has 86 valence electrons. The van der Waals surface area contributed by atoms with E-state index in [4.69, 9.17) is 17.3 Å². The lowest BCUT2D eigenvalue weighted by Gasteiger charge is -2.04. The summed E-state index contributed by atoms with van der Waals surface area (Å²) in [5.41, 5.74) is 7.02. The van der Waals surface area contributed by atoms with Gasteiger partial charge in [-0.2, -0.15) is 0 Å². The van der Waals surface area contributed by atoms with Crippen LogP contribution in [-0.4, -0.2) is 4.98 Å². The van der Waals surface area contributed by atoms with E-state index in [1.165, 1.54) is 0 Å². The second kappa shape index (κ2) is 5.27. The zero-order valence-corrected chi connectivity index (χ0v) is 11.3. The van der Waals surface area contributed by atoms with E-state index < -0.39 is 0 Å². The fourth-order valence-electron chi connectivity index (χ4n) is 1.46. The number of aromatic nitrogens is 1. The number of halogens is 1. The zero-order valence-electron chi connectivity index (χ0n) is 8.94. The Hall–Kier alpha value is -0.420. The summed E-state index contributed by atoms with van der Waals surface area (Å²) in [5, 5.41) is 3.06. The lowest BCUT2D eigenvalue weighted by Crippen LogP contribution is -2.08. The zero-order chi connectivity index (χ0) is 11.5. The van der Waals surface area contributed by atoms with Crippen LogP contribution in [0, 0.1) is 0 Å². The highest BCUT2D eigenvalue weighted by Crippen LogP contribution is 2.33. The lowest BCUT2D eigenvalue weighted by atomic mass is 10.2. The summed E-state index contributed by atoms with van der Waals surface area (Å²) in [4.78, 5) is 5.67. The van der Waals surface area contributed by atoms with Crippen molar-refractivity contribution in [3.63, 3.8) is 0 Å². The molecule has 16 heavy (non-hydrogen) atoms. The molecule has 0 aliphatic carbocycles. The number of hydrogen-bond donors (Lipinski definition) is 1. The second-order valence-corrected chi connectivity index (χ2v) is 6.17. The van der Waals surface area contributed by atoms with E-state index in [0.717, 1.165) is 32.8 Å². The molecule has 0 radical (unpaired) electrons. The first-order valence-electron chi connectivity index (χ1n) is 5.17. The molecule has 0 fully saturated rings. The van der Waals surface area contributed by atoms with Gasteiger partial charge < -0.3 is 5.73 Å². The van der Waals surface area contributed by atoms with Crippen LogP contribution in [0.15, 0.2) is 17.5 Å². The van der Waals surface area contributed by atoms with Crippen molar-refractivity contribution in [1.29, 1.82) is 0 Å². The number of nitrogens with two attached hydrogens (primary N) is 1. The largest absolute Gasteiger partial charge is 0.322 e. The standard InChI is InChI=1S/C11H13ClN2S2/c1-2-3-7(13)11-14-8(6-15-11)9-4-5-10(12)16-9/h4-7H,2-3,13H2,1H3. The fraction of sp³-hybridized carbons (Fsp3) is 0.364. The monoisotopic (exact) mass is 272 g/mol. The number of thiophene rings is 1. The van der Waals surface area contributed by atoms with Crippen molar-refractivity contribution in [2.45, 2.75) is 25.8 Å². The van der Waals surface area contributed by atoms with Gasteiger partial charge in [-0.15, -0.1) is 22.7 Å². The SMILES string of the molecule is CCCC(N)c1nc(-c2ccc(Cl)s2)cs1. The van der Waals surface area contributed by atoms with Gasteiger partial charge in [0.15, 0.2) is 0 Å².